The molecule has 0 radical (unpaired) electrons. The van der Waals surface area contributed by atoms with E-state index in [1.165, 1.54) is 30.3 Å². The van der Waals surface area contributed by atoms with Gasteiger partial charge in [0.25, 0.3) is 0 Å². The second-order valence-corrected chi connectivity index (χ2v) is 5.80. The van der Waals surface area contributed by atoms with Crippen molar-refractivity contribution in [1.82, 2.24) is 10.3 Å². The third-order valence-corrected chi connectivity index (χ3v) is 3.71. The first kappa shape index (κ1) is 19.2. The summed E-state index contributed by atoms with van der Waals surface area (Å²) < 4.78 is 45.6. The van der Waals surface area contributed by atoms with Gasteiger partial charge in [0.2, 0.25) is 0 Å². The van der Waals surface area contributed by atoms with Gasteiger partial charge in [0, 0.05) is 24.1 Å². The number of hydrogen-bond acceptors (Lipinski definition) is 3. The molecule has 28 heavy (non-hydrogen) atoms. The minimum Gasteiger partial charge on any atom is -0.457 e. The van der Waals surface area contributed by atoms with E-state index in [9.17, 15) is 18.0 Å². The molecule has 2 amide bonds. The predicted molar refractivity (Wildman–Crippen MR) is 98.1 cm³/mol. The van der Waals surface area contributed by atoms with Crippen molar-refractivity contribution >= 4 is 11.7 Å². The standard InChI is InChI=1S/C20H16F3N3O2/c21-20(22,23)18(14-5-2-1-3-6-14)26-19(27)25-15-7-4-8-17(13-15)28-16-9-11-24-12-10-16/h1-13,18H,(H2,25,26,27). The second kappa shape index (κ2) is 8.43. The van der Waals surface area contributed by atoms with Crippen molar-refractivity contribution in [2.75, 3.05) is 5.32 Å². The van der Waals surface area contributed by atoms with Gasteiger partial charge in [-0.25, -0.2) is 4.79 Å². The SMILES string of the molecule is O=C(Nc1cccc(Oc2ccncc2)c1)NC(c1ccccc1)C(F)(F)F. The van der Waals surface area contributed by atoms with Gasteiger partial charge in [0.15, 0.2) is 6.04 Å². The maximum absolute atomic E-state index is 13.3. The topological polar surface area (TPSA) is 63.2 Å². The molecule has 1 atom stereocenters. The van der Waals surface area contributed by atoms with Gasteiger partial charge < -0.3 is 15.4 Å². The van der Waals surface area contributed by atoms with Crippen LogP contribution in [0.3, 0.4) is 0 Å². The van der Waals surface area contributed by atoms with Gasteiger partial charge in [-0.2, -0.15) is 13.2 Å². The molecule has 3 rings (SSSR count). The van der Waals surface area contributed by atoms with Crippen LogP contribution in [0.2, 0.25) is 0 Å². The van der Waals surface area contributed by atoms with E-state index in [1.807, 2.05) is 5.32 Å². The molecule has 3 aromatic rings. The van der Waals surface area contributed by atoms with Gasteiger partial charge in [-0.3, -0.25) is 4.98 Å². The molecule has 0 aliphatic rings. The lowest BCUT2D eigenvalue weighted by Gasteiger charge is -2.22. The lowest BCUT2D eigenvalue weighted by atomic mass is 10.1. The minimum atomic E-state index is -4.63. The van der Waals surface area contributed by atoms with E-state index in [2.05, 4.69) is 10.3 Å². The number of halogens is 3. The number of carbonyl (C=O) groups excluding carboxylic acids is 1. The average Bonchev–Trinajstić information content (AvgIpc) is 2.67. The van der Waals surface area contributed by atoms with Crippen LogP contribution in [0.25, 0.3) is 0 Å². The highest BCUT2D eigenvalue weighted by Crippen LogP contribution is 2.32. The maximum atomic E-state index is 13.3. The van der Waals surface area contributed by atoms with Crippen LogP contribution in [0, 0.1) is 0 Å². The normalized spacial score (nSPS) is 12.1. The Morgan fingerprint density at radius 1 is 0.929 bits per heavy atom. The fourth-order valence-electron chi connectivity index (χ4n) is 2.48. The summed E-state index contributed by atoms with van der Waals surface area (Å²) in [6.07, 6.45) is -1.51. The molecule has 0 saturated carbocycles. The Hall–Kier alpha value is -3.55. The molecule has 0 spiro atoms. The molecule has 144 valence electrons. The summed E-state index contributed by atoms with van der Waals surface area (Å²) in [4.78, 5) is 16.0. The Morgan fingerprint density at radius 3 is 2.32 bits per heavy atom. The molecule has 8 heteroatoms. The van der Waals surface area contributed by atoms with E-state index in [1.54, 1.807) is 48.8 Å². The number of rotatable bonds is 5. The Labute approximate surface area is 159 Å². The molecule has 1 heterocycles. The van der Waals surface area contributed by atoms with E-state index in [0.29, 0.717) is 11.5 Å². The lowest BCUT2D eigenvalue weighted by Crippen LogP contribution is -2.40. The largest absolute Gasteiger partial charge is 0.457 e. The van der Waals surface area contributed by atoms with Gasteiger partial charge in [-0.1, -0.05) is 36.4 Å². The summed E-state index contributed by atoms with van der Waals surface area (Å²) in [5.41, 5.74) is 0.234. The van der Waals surface area contributed by atoms with Crippen LogP contribution in [-0.4, -0.2) is 17.2 Å². The third-order valence-electron chi connectivity index (χ3n) is 3.71. The quantitative estimate of drug-likeness (QED) is 0.625. The first-order valence-electron chi connectivity index (χ1n) is 8.29. The van der Waals surface area contributed by atoms with Crippen LogP contribution in [0.15, 0.2) is 79.1 Å². The Kier molecular flexibility index (Phi) is 5.78. The monoisotopic (exact) mass is 387 g/mol. The number of urea groups is 1. The highest BCUT2D eigenvalue weighted by atomic mass is 19.4. The molecule has 0 saturated heterocycles. The zero-order valence-electron chi connectivity index (χ0n) is 14.5. The van der Waals surface area contributed by atoms with Crippen molar-refractivity contribution in [3.05, 3.63) is 84.7 Å². The summed E-state index contributed by atoms with van der Waals surface area (Å²) in [6.45, 7) is 0. The van der Waals surface area contributed by atoms with Crippen molar-refractivity contribution in [1.29, 1.82) is 0 Å². The maximum Gasteiger partial charge on any atom is 0.412 e. The number of hydrogen-bond donors (Lipinski definition) is 2. The molecule has 2 N–H and O–H groups in total. The fraction of sp³-hybridized carbons (Fsp3) is 0.100. The number of pyridine rings is 1. The van der Waals surface area contributed by atoms with Crippen LogP contribution in [0.4, 0.5) is 23.7 Å². The highest BCUT2D eigenvalue weighted by Gasteiger charge is 2.41. The number of carbonyl (C=O) groups is 1. The zero-order chi connectivity index (χ0) is 20.0. The molecule has 2 aromatic carbocycles. The van der Waals surface area contributed by atoms with Crippen LogP contribution in [0.1, 0.15) is 11.6 Å². The second-order valence-electron chi connectivity index (χ2n) is 5.80. The summed E-state index contributed by atoms with van der Waals surface area (Å²) in [6, 6.07) is 13.7. The third kappa shape index (κ3) is 5.23. The summed E-state index contributed by atoms with van der Waals surface area (Å²) in [5, 5.41) is 4.36. The Bertz CT molecular complexity index is 919. The first-order valence-corrected chi connectivity index (χ1v) is 8.29. The van der Waals surface area contributed by atoms with Crippen molar-refractivity contribution in [3.8, 4) is 11.5 Å². The van der Waals surface area contributed by atoms with Crippen LogP contribution in [-0.2, 0) is 0 Å². The van der Waals surface area contributed by atoms with E-state index in [4.69, 9.17) is 4.74 Å². The van der Waals surface area contributed by atoms with E-state index in [0.717, 1.165) is 0 Å². The number of aromatic nitrogens is 1. The van der Waals surface area contributed by atoms with Crippen molar-refractivity contribution in [2.45, 2.75) is 12.2 Å². The van der Waals surface area contributed by atoms with Gasteiger partial charge in [-0.05, 0) is 29.8 Å². The van der Waals surface area contributed by atoms with Crippen LogP contribution in [0.5, 0.6) is 11.5 Å². The van der Waals surface area contributed by atoms with Crippen LogP contribution < -0.4 is 15.4 Å². The molecule has 1 aromatic heterocycles. The van der Waals surface area contributed by atoms with Gasteiger partial charge in [0.1, 0.15) is 11.5 Å². The molecular weight excluding hydrogens is 371 g/mol. The number of anilines is 1. The number of amides is 2. The average molecular weight is 387 g/mol. The number of alkyl halides is 3. The zero-order valence-corrected chi connectivity index (χ0v) is 14.5. The molecule has 0 fully saturated rings. The molecule has 0 aliphatic carbocycles. The van der Waals surface area contributed by atoms with Gasteiger partial charge in [0.05, 0.1) is 0 Å². The number of nitrogens with one attached hydrogen (secondary N) is 2. The van der Waals surface area contributed by atoms with Gasteiger partial charge in [-0.15, -0.1) is 0 Å². The Morgan fingerprint density at radius 2 is 1.64 bits per heavy atom. The number of nitrogens with zero attached hydrogens (tertiary/aromatic N) is 1. The fourth-order valence-corrected chi connectivity index (χ4v) is 2.48. The van der Waals surface area contributed by atoms with E-state index >= 15 is 0 Å². The van der Waals surface area contributed by atoms with Gasteiger partial charge >= 0.3 is 12.2 Å². The minimum absolute atomic E-state index is 0.0556. The van der Waals surface area contributed by atoms with Crippen molar-refractivity contribution in [2.24, 2.45) is 0 Å². The molecule has 0 aliphatic heterocycles. The van der Waals surface area contributed by atoms with Crippen molar-refractivity contribution in [3.63, 3.8) is 0 Å². The summed E-state index contributed by atoms with van der Waals surface area (Å²) >= 11 is 0. The van der Waals surface area contributed by atoms with E-state index in [-0.39, 0.29) is 11.3 Å². The van der Waals surface area contributed by atoms with E-state index < -0.39 is 18.2 Å². The smallest absolute Gasteiger partial charge is 0.412 e. The van der Waals surface area contributed by atoms with Crippen LogP contribution >= 0.6 is 0 Å². The highest BCUT2D eigenvalue weighted by molar-refractivity contribution is 5.89. The van der Waals surface area contributed by atoms with Crippen molar-refractivity contribution < 1.29 is 22.7 Å². The number of benzene rings is 2. The molecule has 1 unspecified atom stereocenters. The lowest BCUT2D eigenvalue weighted by molar-refractivity contribution is -0.154. The molecular formula is C20H16F3N3O2. The molecule has 0 bridgehead atoms. The first-order chi connectivity index (χ1) is 13.4. The predicted octanol–water partition coefficient (Wildman–Crippen LogP) is 5.30. The summed E-state index contributed by atoms with van der Waals surface area (Å²) in [7, 11) is 0. The Balaban J connectivity index is 1.69. The number of ether oxygens (including phenoxy) is 1. The molecule has 5 nitrogen and oxygen atoms in total. The summed E-state index contributed by atoms with van der Waals surface area (Å²) in [5.74, 6) is 0.956.